The summed E-state index contributed by atoms with van der Waals surface area (Å²) < 4.78 is 0. The quantitative estimate of drug-likeness (QED) is 0.855. The molecule has 2 bridgehead atoms. The van der Waals surface area contributed by atoms with Crippen LogP contribution in [-0.2, 0) is 4.79 Å². The molecule has 2 nitrogen and oxygen atoms in total. The van der Waals surface area contributed by atoms with Crippen molar-refractivity contribution in [1.82, 2.24) is 5.32 Å². The Morgan fingerprint density at radius 2 is 2.00 bits per heavy atom. The molecule has 0 unspecified atom stereocenters. The van der Waals surface area contributed by atoms with Crippen LogP contribution in [0.2, 0.25) is 0 Å². The van der Waals surface area contributed by atoms with Crippen LogP contribution in [0.1, 0.15) is 38.2 Å². The fourth-order valence-corrected chi connectivity index (χ4v) is 4.47. The molecule has 0 spiro atoms. The largest absolute Gasteiger partial charge is 0.352 e. The van der Waals surface area contributed by atoms with Gasteiger partial charge in [-0.25, -0.2) is 0 Å². The number of thioether (sulfide) groups is 1. The molecular weight excluding hydrogens is 266 g/mol. The number of carbonyl (C=O) groups excluding carboxylic acids is 1. The van der Waals surface area contributed by atoms with Crippen LogP contribution in [0.3, 0.4) is 0 Å². The van der Waals surface area contributed by atoms with Crippen molar-refractivity contribution in [2.24, 2.45) is 11.8 Å². The molecule has 108 valence electrons. The number of fused-ring (bicyclic) bond motifs is 2. The summed E-state index contributed by atoms with van der Waals surface area (Å²) in [6.07, 6.45) is 5.24. The van der Waals surface area contributed by atoms with E-state index in [9.17, 15) is 4.79 Å². The molecule has 1 N–H and O–H groups in total. The molecule has 4 atom stereocenters. The fourth-order valence-electron chi connectivity index (χ4n) is 3.60. The van der Waals surface area contributed by atoms with Gasteiger partial charge in [-0.15, -0.1) is 11.8 Å². The van der Waals surface area contributed by atoms with Crippen LogP contribution in [0, 0.1) is 18.8 Å². The second-order valence-corrected chi connectivity index (χ2v) is 7.78. The van der Waals surface area contributed by atoms with E-state index in [-0.39, 0.29) is 11.2 Å². The van der Waals surface area contributed by atoms with E-state index in [1.807, 2.05) is 6.92 Å². The highest BCUT2D eigenvalue weighted by atomic mass is 32.2. The second-order valence-electron chi connectivity index (χ2n) is 6.36. The first-order valence-electron chi connectivity index (χ1n) is 7.65. The molecule has 1 aromatic rings. The van der Waals surface area contributed by atoms with Crippen molar-refractivity contribution >= 4 is 17.7 Å². The monoisotopic (exact) mass is 289 g/mol. The number of benzene rings is 1. The fraction of sp³-hybridized carbons (Fsp3) is 0.588. The Morgan fingerprint density at radius 1 is 1.25 bits per heavy atom. The Kier molecular flexibility index (Phi) is 4.06. The second kappa shape index (κ2) is 5.80. The van der Waals surface area contributed by atoms with Crippen LogP contribution < -0.4 is 5.32 Å². The zero-order chi connectivity index (χ0) is 14.1. The van der Waals surface area contributed by atoms with Gasteiger partial charge < -0.3 is 5.32 Å². The van der Waals surface area contributed by atoms with Crippen LogP contribution in [0.4, 0.5) is 0 Å². The van der Waals surface area contributed by atoms with E-state index in [1.165, 1.54) is 36.1 Å². The van der Waals surface area contributed by atoms with Gasteiger partial charge in [-0.3, -0.25) is 4.79 Å². The van der Waals surface area contributed by atoms with E-state index < -0.39 is 0 Å². The van der Waals surface area contributed by atoms with Crippen LogP contribution in [0.15, 0.2) is 29.2 Å². The maximum atomic E-state index is 12.3. The number of amides is 1. The van der Waals surface area contributed by atoms with Gasteiger partial charge in [0.15, 0.2) is 0 Å². The van der Waals surface area contributed by atoms with Gasteiger partial charge in [-0.05, 0) is 57.1 Å². The molecule has 2 fully saturated rings. The smallest absolute Gasteiger partial charge is 0.233 e. The standard InChI is InChI=1S/C17H23NOS/c1-11-3-7-15(8-4-11)20-12(2)17(19)18-16-10-13-5-6-14(16)9-13/h3-4,7-8,12-14,16H,5-6,9-10H2,1-2H3,(H,18,19)/t12-,13+,14-,16+/m0/s1. The molecule has 1 aromatic carbocycles. The van der Waals surface area contributed by atoms with E-state index in [2.05, 4.69) is 36.5 Å². The molecule has 2 aliphatic rings. The minimum Gasteiger partial charge on any atom is -0.352 e. The Morgan fingerprint density at radius 3 is 2.60 bits per heavy atom. The van der Waals surface area contributed by atoms with Crippen molar-refractivity contribution in [2.75, 3.05) is 0 Å². The van der Waals surface area contributed by atoms with Gasteiger partial charge in [-0.1, -0.05) is 24.1 Å². The summed E-state index contributed by atoms with van der Waals surface area (Å²) >= 11 is 1.65. The van der Waals surface area contributed by atoms with Crippen LogP contribution in [0.25, 0.3) is 0 Å². The van der Waals surface area contributed by atoms with Crippen LogP contribution in [0.5, 0.6) is 0 Å². The summed E-state index contributed by atoms with van der Waals surface area (Å²) in [5.74, 6) is 1.83. The lowest BCUT2D eigenvalue weighted by atomic mass is 9.95. The lowest BCUT2D eigenvalue weighted by Crippen LogP contribution is -2.42. The zero-order valence-electron chi connectivity index (χ0n) is 12.3. The number of aryl methyl sites for hydroxylation is 1. The predicted molar refractivity (Wildman–Crippen MR) is 83.9 cm³/mol. The minimum atomic E-state index is -0.0168. The van der Waals surface area contributed by atoms with Crippen molar-refractivity contribution in [2.45, 2.75) is 55.7 Å². The molecule has 0 saturated heterocycles. The Bertz CT molecular complexity index is 484. The normalized spacial score (nSPS) is 29.4. The molecule has 3 rings (SSSR count). The predicted octanol–water partition coefficient (Wildman–Crippen LogP) is 3.78. The summed E-state index contributed by atoms with van der Waals surface area (Å²) in [4.78, 5) is 13.5. The Labute approximate surface area is 125 Å². The molecule has 0 heterocycles. The lowest BCUT2D eigenvalue weighted by molar-refractivity contribution is -0.121. The number of nitrogens with one attached hydrogen (secondary N) is 1. The van der Waals surface area contributed by atoms with Crippen molar-refractivity contribution in [3.05, 3.63) is 29.8 Å². The first kappa shape index (κ1) is 14.0. The molecule has 3 heteroatoms. The van der Waals surface area contributed by atoms with Crippen LogP contribution in [-0.4, -0.2) is 17.2 Å². The van der Waals surface area contributed by atoms with Crippen molar-refractivity contribution in [3.8, 4) is 0 Å². The molecule has 0 aliphatic heterocycles. The summed E-state index contributed by atoms with van der Waals surface area (Å²) in [6.45, 7) is 4.09. The molecule has 20 heavy (non-hydrogen) atoms. The van der Waals surface area contributed by atoms with E-state index in [0.717, 1.165) is 11.8 Å². The maximum Gasteiger partial charge on any atom is 0.233 e. The summed E-state index contributed by atoms with van der Waals surface area (Å²) in [7, 11) is 0. The summed E-state index contributed by atoms with van der Waals surface area (Å²) in [5.41, 5.74) is 1.26. The Hall–Kier alpha value is -0.960. The third-order valence-electron chi connectivity index (χ3n) is 4.77. The molecule has 0 aromatic heterocycles. The first-order chi connectivity index (χ1) is 9.61. The van der Waals surface area contributed by atoms with Crippen molar-refractivity contribution in [3.63, 3.8) is 0 Å². The van der Waals surface area contributed by atoms with Gasteiger partial charge in [0, 0.05) is 10.9 Å². The van der Waals surface area contributed by atoms with E-state index in [1.54, 1.807) is 11.8 Å². The number of hydrogen-bond acceptors (Lipinski definition) is 2. The summed E-state index contributed by atoms with van der Waals surface area (Å²) in [5, 5.41) is 3.27. The average Bonchev–Trinajstić information content (AvgIpc) is 3.03. The van der Waals surface area contributed by atoms with E-state index in [4.69, 9.17) is 0 Å². The number of rotatable bonds is 4. The molecule has 1 amide bonds. The van der Waals surface area contributed by atoms with E-state index in [0.29, 0.717) is 6.04 Å². The van der Waals surface area contributed by atoms with Gasteiger partial charge in [0.2, 0.25) is 5.91 Å². The van der Waals surface area contributed by atoms with Gasteiger partial charge in [0.1, 0.15) is 0 Å². The molecule has 0 radical (unpaired) electrons. The number of carbonyl (C=O) groups is 1. The lowest BCUT2D eigenvalue weighted by Gasteiger charge is -2.24. The third kappa shape index (κ3) is 3.03. The van der Waals surface area contributed by atoms with Gasteiger partial charge in [-0.2, -0.15) is 0 Å². The van der Waals surface area contributed by atoms with E-state index >= 15 is 0 Å². The maximum absolute atomic E-state index is 12.3. The van der Waals surface area contributed by atoms with Gasteiger partial charge >= 0.3 is 0 Å². The third-order valence-corrected chi connectivity index (χ3v) is 5.88. The number of hydrogen-bond donors (Lipinski definition) is 1. The highest BCUT2D eigenvalue weighted by Gasteiger charge is 2.40. The molecular formula is C17H23NOS. The highest BCUT2D eigenvalue weighted by Crippen LogP contribution is 2.44. The topological polar surface area (TPSA) is 29.1 Å². The molecule has 2 saturated carbocycles. The zero-order valence-corrected chi connectivity index (χ0v) is 13.1. The highest BCUT2D eigenvalue weighted by molar-refractivity contribution is 8.00. The minimum absolute atomic E-state index is 0.0168. The SMILES string of the molecule is Cc1ccc(S[C@@H](C)C(=O)N[C@@H]2C[C@@H]3CC[C@H]2C3)cc1. The van der Waals surface area contributed by atoms with Crippen molar-refractivity contribution in [1.29, 1.82) is 0 Å². The van der Waals surface area contributed by atoms with Crippen molar-refractivity contribution < 1.29 is 4.79 Å². The molecule has 2 aliphatic carbocycles. The summed E-state index contributed by atoms with van der Waals surface area (Å²) in [6, 6.07) is 8.84. The van der Waals surface area contributed by atoms with Gasteiger partial charge in [0.05, 0.1) is 5.25 Å². The van der Waals surface area contributed by atoms with Crippen LogP contribution >= 0.6 is 11.8 Å². The first-order valence-corrected chi connectivity index (χ1v) is 8.53. The Balaban J connectivity index is 1.53. The average molecular weight is 289 g/mol. The van der Waals surface area contributed by atoms with Gasteiger partial charge in [0.25, 0.3) is 0 Å².